The summed E-state index contributed by atoms with van der Waals surface area (Å²) in [5, 5.41) is 2.42. The van der Waals surface area contributed by atoms with E-state index in [0.29, 0.717) is 13.0 Å². The van der Waals surface area contributed by atoms with Crippen LogP contribution in [0, 0.1) is 0 Å². The molecule has 162 valence electrons. The third-order valence-corrected chi connectivity index (χ3v) is 9.11. The van der Waals surface area contributed by atoms with E-state index in [0.717, 1.165) is 36.4 Å². The van der Waals surface area contributed by atoms with Crippen LogP contribution >= 0.6 is 11.3 Å². The summed E-state index contributed by atoms with van der Waals surface area (Å²) in [6.07, 6.45) is 2.32. The second kappa shape index (κ2) is 8.02. The lowest BCUT2D eigenvalue weighted by molar-refractivity contribution is 0.0595. The molecule has 0 bridgehead atoms. The fourth-order valence-electron chi connectivity index (χ4n) is 4.13. The Morgan fingerprint density at radius 3 is 2.71 bits per heavy atom. The normalized spacial score (nSPS) is 16.9. The van der Waals surface area contributed by atoms with Gasteiger partial charge in [-0.3, -0.25) is 4.90 Å². The molecule has 1 N–H and O–H groups in total. The summed E-state index contributed by atoms with van der Waals surface area (Å²) in [5.41, 5.74) is 2.26. The maximum atomic E-state index is 12.9. The second-order valence-electron chi connectivity index (χ2n) is 8.20. The summed E-state index contributed by atoms with van der Waals surface area (Å²) in [6, 6.07) is 14.7. The molecule has 0 radical (unpaired) electrons. The summed E-state index contributed by atoms with van der Waals surface area (Å²) in [6.45, 7) is 2.16. The van der Waals surface area contributed by atoms with Crippen LogP contribution in [0.25, 0.3) is 10.8 Å². The Morgan fingerprint density at radius 1 is 1.19 bits per heavy atom. The van der Waals surface area contributed by atoms with Gasteiger partial charge in [0.15, 0.2) is 0 Å². The molecule has 3 aromatic rings. The Labute approximate surface area is 185 Å². The molecule has 6 nitrogen and oxygen atoms in total. The van der Waals surface area contributed by atoms with Gasteiger partial charge in [-0.2, -0.15) is 0 Å². The van der Waals surface area contributed by atoms with Crippen molar-refractivity contribution in [3.05, 3.63) is 64.0 Å². The first-order valence-electron chi connectivity index (χ1n) is 10.4. The van der Waals surface area contributed by atoms with Crippen molar-refractivity contribution in [2.75, 3.05) is 13.7 Å². The van der Waals surface area contributed by atoms with Crippen LogP contribution in [-0.2, 0) is 34.3 Å². The Bertz CT molecular complexity index is 1260. The van der Waals surface area contributed by atoms with Gasteiger partial charge in [0.25, 0.3) is 10.0 Å². The Morgan fingerprint density at radius 2 is 1.97 bits per heavy atom. The number of ether oxygens (including phenoxy) is 1. The summed E-state index contributed by atoms with van der Waals surface area (Å²) in [4.78, 5) is 15.7. The lowest BCUT2D eigenvalue weighted by Crippen LogP contribution is -2.30. The number of carbonyl (C=O) groups excluding carboxylic acids is 1. The first-order chi connectivity index (χ1) is 14.9. The van der Waals surface area contributed by atoms with E-state index in [1.54, 1.807) is 0 Å². The fourth-order valence-corrected chi connectivity index (χ4v) is 7.38. The maximum absolute atomic E-state index is 12.9. The average Bonchev–Trinajstić information content (AvgIpc) is 3.48. The van der Waals surface area contributed by atoms with Crippen molar-refractivity contribution >= 4 is 38.1 Å². The SMILES string of the molecule is COC(=O)c1c(S(=O)(=O)NC2CC2)sc2c1CCN(Cc1ccc3ccccc3c1)C2. The molecule has 1 saturated carbocycles. The zero-order valence-electron chi connectivity index (χ0n) is 17.3. The van der Waals surface area contributed by atoms with Crippen LogP contribution in [-0.4, -0.2) is 39.0 Å². The largest absolute Gasteiger partial charge is 0.465 e. The Kier molecular flexibility index (Phi) is 5.34. The van der Waals surface area contributed by atoms with E-state index in [2.05, 4.69) is 40.0 Å². The second-order valence-corrected chi connectivity index (χ2v) is 11.2. The zero-order valence-corrected chi connectivity index (χ0v) is 18.9. The molecule has 2 heterocycles. The van der Waals surface area contributed by atoms with Gasteiger partial charge in [-0.15, -0.1) is 11.3 Å². The van der Waals surface area contributed by atoms with Crippen LogP contribution in [0.1, 0.15) is 39.2 Å². The van der Waals surface area contributed by atoms with Crippen molar-refractivity contribution < 1.29 is 17.9 Å². The first kappa shape index (κ1) is 20.6. The van der Waals surface area contributed by atoms with Crippen molar-refractivity contribution in [3.63, 3.8) is 0 Å². The quantitative estimate of drug-likeness (QED) is 0.573. The van der Waals surface area contributed by atoms with Gasteiger partial charge in [0.1, 0.15) is 4.21 Å². The highest BCUT2D eigenvalue weighted by molar-refractivity contribution is 7.91. The summed E-state index contributed by atoms with van der Waals surface area (Å²) in [7, 11) is -2.43. The van der Waals surface area contributed by atoms with Gasteiger partial charge in [-0.05, 0) is 47.2 Å². The molecular weight excluding hydrogens is 432 g/mol. The van der Waals surface area contributed by atoms with Gasteiger partial charge in [-0.25, -0.2) is 17.9 Å². The molecular formula is C23H24N2O4S2. The lowest BCUT2D eigenvalue weighted by Gasteiger charge is -2.27. The van der Waals surface area contributed by atoms with Crippen LogP contribution in [0.4, 0.5) is 0 Å². The van der Waals surface area contributed by atoms with Gasteiger partial charge in [-0.1, -0.05) is 36.4 Å². The summed E-state index contributed by atoms with van der Waals surface area (Å²) < 4.78 is 33.6. The minimum Gasteiger partial charge on any atom is -0.465 e. The molecule has 8 heteroatoms. The van der Waals surface area contributed by atoms with Crippen LogP contribution < -0.4 is 4.72 Å². The number of rotatable bonds is 6. The van der Waals surface area contributed by atoms with Gasteiger partial charge < -0.3 is 4.74 Å². The predicted molar refractivity (Wildman–Crippen MR) is 121 cm³/mol. The lowest BCUT2D eigenvalue weighted by atomic mass is 10.0. The van der Waals surface area contributed by atoms with Crippen molar-refractivity contribution in [2.24, 2.45) is 0 Å². The number of thiophene rings is 1. The molecule has 0 amide bonds. The third kappa shape index (κ3) is 4.13. The van der Waals surface area contributed by atoms with E-state index in [1.807, 2.05) is 12.1 Å². The van der Waals surface area contributed by atoms with Crippen LogP contribution in [0.5, 0.6) is 0 Å². The molecule has 5 rings (SSSR count). The third-order valence-electron chi connectivity index (χ3n) is 5.86. The molecule has 1 aromatic heterocycles. The Hall–Kier alpha value is -2.26. The van der Waals surface area contributed by atoms with Crippen molar-refractivity contribution in [1.29, 1.82) is 0 Å². The van der Waals surface area contributed by atoms with Crippen LogP contribution in [0.15, 0.2) is 46.7 Å². The van der Waals surface area contributed by atoms with Gasteiger partial charge in [0.05, 0.1) is 12.7 Å². The molecule has 0 atom stereocenters. The monoisotopic (exact) mass is 456 g/mol. The highest BCUT2D eigenvalue weighted by Gasteiger charge is 2.36. The van der Waals surface area contributed by atoms with Gasteiger partial charge >= 0.3 is 5.97 Å². The molecule has 1 aliphatic heterocycles. The predicted octanol–water partition coefficient (Wildman–Crippen LogP) is 3.69. The van der Waals surface area contributed by atoms with E-state index in [4.69, 9.17) is 4.74 Å². The van der Waals surface area contributed by atoms with E-state index < -0.39 is 16.0 Å². The summed E-state index contributed by atoms with van der Waals surface area (Å²) >= 11 is 1.21. The highest BCUT2D eigenvalue weighted by Crippen LogP contribution is 2.38. The highest BCUT2D eigenvalue weighted by atomic mass is 32.2. The van der Waals surface area contributed by atoms with Crippen molar-refractivity contribution in [1.82, 2.24) is 9.62 Å². The molecule has 2 aliphatic rings. The van der Waals surface area contributed by atoms with Crippen LogP contribution in [0.2, 0.25) is 0 Å². The number of carbonyl (C=O) groups is 1. The number of nitrogens with zero attached hydrogens (tertiary/aromatic N) is 1. The number of hydrogen-bond acceptors (Lipinski definition) is 6. The molecule has 2 aromatic carbocycles. The minimum absolute atomic E-state index is 0.0148. The number of nitrogens with one attached hydrogen (secondary N) is 1. The van der Waals surface area contributed by atoms with Gasteiger partial charge in [0.2, 0.25) is 0 Å². The van der Waals surface area contributed by atoms with Crippen LogP contribution in [0.3, 0.4) is 0 Å². The smallest absolute Gasteiger partial charge is 0.340 e. The number of methoxy groups -OCH3 is 1. The molecule has 0 unspecified atom stereocenters. The number of sulfonamides is 1. The average molecular weight is 457 g/mol. The van der Waals surface area contributed by atoms with E-state index in [1.165, 1.54) is 34.8 Å². The first-order valence-corrected chi connectivity index (χ1v) is 12.7. The number of hydrogen-bond donors (Lipinski definition) is 1. The van der Waals surface area contributed by atoms with E-state index in [-0.39, 0.29) is 15.8 Å². The number of esters is 1. The Balaban J connectivity index is 1.42. The molecule has 1 aliphatic carbocycles. The van der Waals surface area contributed by atoms with E-state index >= 15 is 0 Å². The standard InChI is InChI=1S/C23H24N2O4S2/c1-29-22(26)21-19-10-11-25(13-15-6-7-16-4-2-3-5-17(16)12-15)14-20(19)30-23(21)31(27,28)24-18-8-9-18/h2-7,12,18,24H,8-11,13-14H2,1H3. The minimum atomic E-state index is -3.73. The van der Waals surface area contributed by atoms with Crippen molar-refractivity contribution in [3.8, 4) is 0 Å². The molecule has 31 heavy (non-hydrogen) atoms. The maximum Gasteiger partial charge on any atom is 0.340 e. The summed E-state index contributed by atoms with van der Waals surface area (Å²) in [5.74, 6) is -0.573. The van der Waals surface area contributed by atoms with E-state index in [9.17, 15) is 13.2 Å². The molecule has 1 fully saturated rings. The zero-order chi connectivity index (χ0) is 21.6. The topological polar surface area (TPSA) is 75.7 Å². The number of benzene rings is 2. The van der Waals surface area contributed by atoms with Gasteiger partial charge in [0, 0.05) is 30.6 Å². The fraction of sp³-hybridized carbons (Fsp3) is 0.348. The van der Waals surface area contributed by atoms with Crippen molar-refractivity contribution in [2.45, 2.75) is 42.6 Å². The molecule has 0 spiro atoms. The molecule has 0 saturated heterocycles. The number of fused-ring (bicyclic) bond motifs is 2.